The fraction of sp³-hybridized carbons (Fsp3) is 0.875. The molecular weight excluding hydrogens is 197 g/mol. The third-order valence-corrected chi connectivity index (χ3v) is 2.56. The van der Waals surface area contributed by atoms with E-state index in [9.17, 15) is 0 Å². The van der Waals surface area contributed by atoms with Crippen molar-refractivity contribution in [2.24, 2.45) is 0 Å². The number of hydrogen-bond acceptors (Lipinski definition) is 5. The average Bonchev–Trinajstić information content (AvgIpc) is 2.62. The summed E-state index contributed by atoms with van der Waals surface area (Å²) in [5.41, 5.74) is 0.236. The van der Waals surface area contributed by atoms with Crippen LogP contribution in [0.25, 0.3) is 0 Å². The molecule has 2 heterocycles. The van der Waals surface area contributed by atoms with Gasteiger partial charge in [-0.3, -0.25) is 0 Å². The zero-order valence-corrected chi connectivity index (χ0v) is 10.7. The van der Waals surface area contributed by atoms with E-state index in [2.05, 4.69) is 11.8 Å². The summed E-state index contributed by atoms with van der Waals surface area (Å²) in [5.74, 6) is 0. The van der Waals surface area contributed by atoms with E-state index in [4.69, 9.17) is 19.4 Å². The largest absolute Gasteiger partial charge is 1.00 e. The molecule has 0 amide bonds. The SMILES string of the molecule is CCC12COCN1COC2.O=C[O-].[Na+]. The summed E-state index contributed by atoms with van der Waals surface area (Å²) < 4.78 is 10.7. The molecule has 0 radical (unpaired) electrons. The van der Waals surface area contributed by atoms with Gasteiger partial charge in [0.25, 0.3) is 0 Å². The fourth-order valence-electron chi connectivity index (χ4n) is 1.65. The summed E-state index contributed by atoms with van der Waals surface area (Å²) in [6.45, 7) is 4.91. The number of ether oxygens (including phenoxy) is 2. The summed E-state index contributed by atoms with van der Waals surface area (Å²) >= 11 is 0. The van der Waals surface area contributed by atoms with Crippen LogP contribution < -0.4 is 34.7 Å². The van der Waals surface area contributed by atoms with Gasteiger partial charge in [-0.15, -0.1) is 0 Å². The van der Waals surface area contributed by atoms with E-state index in [-0.39, 0.29) is 35.1 Å². The normalized spacial score (nSPS) is 22.9. The van der Waals surface area contributed by atoms with Gasteiger partial charge in [-0.25, -0.2) is 4.90 Å². The van der Waals surface area contributed by atoms with Gasteiger partial charge in [0.1, 0.15) is 13.5 Å². The Labute approximate surface area is 106 Å². The van der Waals surface area contributed by atoms with Gasteiger partial charge in [-0.05, 0) is 6.42 Å². The molecular formula is C8H14NNaO4. The van der Waals surface area contributed by atoms with Crippen molar-refractivity contribution in [1.82, 2.24) is 4.90 Å². The molecule has 0 aliphatic carbocycles. The van der Waals surface area contributed by atoms with Gasteiger partial charge in [0.15, 0.2) is 0 Å². The quantitative estimate of drug-likeness (QED) is 0.325. The number of carbonyl (C=O) groups excluding carboxylic acids is 1. The minimum Gasteiger partial charge on any atom is -0.554 e. The van der Waals surface area contributed by atoms with Crippen molar-refractivity contribution in [2.45, 2.75) is 18.9 Å². The second-order valence-electron chi connectivity index (χ2n) is 3.17. The molecule has 2 rings (SSSR count). The Hall–Kier alpha value is 0.350. The van der Waals surface area contributed by atoms with Crippen LogP contribution in [0.4, 0.5) is 0 Å². The Bertz CT molecular complexity index is 169. The fourth-order valence-corrected chi connectivity index (χ4v) is 1.65. The number of carbonyl (C=O) groups is 1. The van der Waals surface area contributed by atoms with E-state index in [1.54, 1.807) is 0 Å². The molecule has 6 heteroatoms. The van der Waals surface area contributed by atoms with Crippen LogP contribution in [0.1, 0.15) is 13.3 Å². The van der Waals surface area contributed by atoms with Gasteiger partial charge >= 0.3 is 29.6 Å². The predicted molar refractivity (Wildman–Crippen MR) is 42.6 cm³/mol. The zero-order chi connectivity index (χ0) is 9.73. The number of rotatable bonds is 1. The molecule has 2 aliphatic rings. The molecule has 0 atom stereocenters. The molecule has 5 nitrogen and oxygen atoms in total. The molecule has 0 bridgehead atoms. The van der Waals surface area contributed by atoms with Gasteiger partial charge in [-0.2, -0.15) is 0 Å². The van der Waals surface area contributed by atoms with E-state index in [1.165, 1.54) is 0 Å². The van der Waals surface area contributed by atoms with Crippen LogP contribution in [0.3, 0.4) is 0 Å². The van der Waals surface area contributed by atoms with Crippen molar-refractivity contribution in [1.29, 1.82) is 0 Å². The molecule has 0 saturated carbocycles. The van der Waals surface area contributed by atoms with Crippen LogP contribution in [0.5, 0.6) is 0 Å². The van der Waals surface area contributed by atoms with Gasteiger partial charge in [0.05, 0.1) is 18.8 Å². The Morgan fingerprint density at radius 2 is 1.86 bits per heavy atom. The monoisotopic (exact) mass is 211 g/mol. The average molecular weight is 211 g/mol. The summed E-state index contributed by atoms with van der Waals surface area (Å²) in [7, 11) is 0. The first kappa shape index (κ1) is 14.3. The van der Waals surface area contributed by atoms with Crippen LogP contribution in [0.15, 0.2) is 0 Å². The van der Waals surface area contributed by atoms with Crippen molar-refractivity contribution in [3.05, 3.63) is 0 Å². The maximum atomic E-state index is 8.25. The number of nitrogens with zero attached hydrogens (tertiary/aromatic N) is 1. The van der Waals surface area contributed by atoms with Crippen molar-refractivity contribution >= 4 is 6.47 Å². The van der Waals surface area contributed by atoms with Gasteiger partial charge in [0.2, 0.25) is 0 Å². The smallest absolute Gasteiger partial charge is 0.554 e. The van der Waals surface area contributed by atoms with Gasteiger partial charge in [-0.1, -0.05) is 6.92 Å². The third-order valence-electron chi connectivity index (χ3n) is 2.56. The molecule has 0 aromatic carbocycles. The van der Waals surface area contributed by atoms with Gasteiger partial charge in [0, 0.05) is 6.47 Å². The Morgan fingerprint density at radius 1 is 1.43 bits per heavy atom. The first-order valence-corrected chi connectivity index (χ1v) is 4.25. The molecule has 14 heavy (non-hydrogen) atoms. The molecule has 0 N–H and O–H groups in total. The number of hydrogen-bond donors (Lipinski definition) is 0. The van der Waals surface area contributed by atoms with E-state index >= 15 is 0 Å². The zero-order valence-electron chi connectivity index (χ0n) is 8.69. The first-order chi connectivity index (χ1) is 6.29. The molecule has 2 fully saturated rings. The van der Waals surface area contributed by atoms with Crippen LogP contribution in [0, 0.1) is 0 Å². The van der Waals surface area contributed by atoms with Crippen molar-refractivity contribution in [3.63, 3.8) is 0 Å². The van der Waals surface area contributed by atoms with Crippen LogP contribution in [-0.4, -0.2) is 43.6 Å². The number of fused-ring (bicyclic) bond motifs is 1. The maximum Gasteiger partial charge on any atom is 1.00 e. The Kier molecular flexibility index (Phi) is 6.93. The Morgan fingerprint density at radius 3 is 2.14 bits per heavy atom. The second-order valence-corrected chi connectivity index (χ2v) is 3.17. The van der Waals surface area contributed by atoms with E-state index in [0.717, 1.165) is 33.1 Å². The van der Waals surface area contributed by atoms with E-state index < -0.39 is 6.47 Å². The van der Waals surface area contributed by atoms with Crippen molar-refractivity contribution in [2.75, 3.05) is 26.7 Å². The Balaban J connectivity index is 0.000000381. The molecule has 2 aliphatic heterocycles. The minimum absolute atomic E-state index is 0. The molecule has 76 valence electrons. The standard InChI is InChI=1S/C7H13NO2.CH2O2.Na/c1-2-7-3-9-5-8(7)6-10-4-7;2-1-3;/h2-6H2,1H3;1H,(H,2,3);/q;;+1/p-1. The van der Waals surface area contributed by atoms with Crippen LogP contribution in [-0.2, 0) is 14.3 Å². The van der Waals surface area contributed by atoms with E-state index in [1.807, 2.05) is 0 Å². The molecule has 0 aromatic rings. The summed E-state index contributed by atoms with van der Waals surface area (Å²) in [6, 6.07) is 0. The van der Waals surface area contributed by atoms with Crippen molar-refractivity contribution < 1.29 is 48.9 Å². The molecule has 0 unspecified atom stereocenters. The summed E-state index contributed by atoms with van der Waals surface area (Å²) in [4.78, 5) is 10.5. The van der Waals surface area contributed by atoms with E-state index in [0.29, 0.717) is 0 Å². The third kappa shape index (κ3) is 2.92. The topological polar surface area (TPSA) is 61.8 Å². The van der Waals surface area contributed by atoms with Gasteiger partial charge < -0.3 is 19.4 Å². The minimum atomic E-state index is -0.500. The summed E-state index contributed by atoms with van der Waals surface area (Å²) in [6.07, 6.45) is 1.13. The van der Waals surface area contributed by atoms with Crippen LogP contribution in [0.2, 0.25) is 0 Å². The first-order valence-electron chi connectivity index (χ1n) is 4.25. The molecule has 0 aromatic heterocycles. The number of carboxylic acid groups (broad SMARTS) is 1. The maximum absolute atomic E-state index is 8.25. The predicted octanol–water partition coefficient (Wildman–Crippen LogP) is -4.22. The molecule has 2 saturated heterocycles. The summed E-state index contributed by atoms with van der Waals surface area (Å²) in [5, 5.41) is 8.25. The second kappa shape index (κ2) is 6.76. The molecule has 0 spiro atoms. The van der Waals surface area contributed by atoms with Crippen LogP contribution >= 0.6 is 0 Å². The van der Waals surface area contributed by atoms with Crippen molar-refractivity contribution in [3.8, 4) is 0 Å².